The lowest BCUT2D eigenvalue weighted by atomic mass is 9.86. The van der Waals surface area contributed by atoms with E-state index in [2.05, 4.69) is 34.7 Å². The van der Waals surface area contributed by atoms with E-state index in [-0.39, 0.29) is 5.41 Å². The van der Waals surface area contributed by atoms with Crippen LogP contribution in [0, 0.1) is 5.41 Å². The highest BCUT2D eigenvalue weighted by Gasteiger charge is 2.24. The molecular weight excluding hydrogens is 250 g/mol. The highest BCUT2D eigenvalue weighted by atomic mass is 16.4. The zero-order valence-electron chi connectivity index (χ0n) is 12.4. The Balaban J connectivity index is 1.71. The lowest BCUT2D eigenvalue weighted by Gasteiger charge is -2.23. The number of nitrogens with two attached hydrogens (primary N) is 1. The topological polar surface area (TPSA) is 70.6 Å². The number of amidine groups is 1. The van der Waals surface area contributed by atoms with E-state index in [4.69, 9.17) is 10.9 Å². The molecular formula is C16H25N3O. The molecule has 0 fully saturated rings. The van der Waals surface area contributed by atoms with Gasteiger partial charge in [-0.15, -0.1) is 0 Å². The van der Waals surface area contributed by atoms with Gasteiger partial charge >= 0.3 is 0 Å². The summed E-state index contributed by atoms with van der Waals surface area (Å²) in [6.45, 7) is 4.99. The minimum atomic E-state index is -0.241. The molecule has 0 radical (unpaired) electrons. The van der Waals surface area contributed by atoms with Gasteiger partial charge in [0.1, 0.15) is 5.84 Å². The summed E-state index contributed by atoms with van der Waals surface area (Å²) in [5.41, 5.74) is 8.40. The summed E-state index contributed by atoms with van der Waals surface area (Å²) in [5, 5.41) is 15.5. The zero-order chi connectivity index (χ0) is 14.6. The Labute approximate surface area is 121 Å². The van der Waals surface area contributed by atoms with E-state index in [1.165, 1.54) is 11.1 Å². The van der Waals surface area contributed by atoms with Crippen LogP contribution in [0.5, 0.6) is 0 Å². The molecule has 0 bridgehead atoms. The van der Waals surface area contributed by atoms with Gasteiger partial charge in [0.25, 0.3) is 0 Å². The molecule has 0 amide bonds. The molecule has 2 rings (SSSR count). The number of nitrogens with one attached hydrogen (secondary N) is 1. The molecule has 0 saturated heterocycles. The van der Waals surface area contributed by atoms with Crippen molar-refractivity contribution >= 4 is 5.84 Å². The Morgan fingerprint density at radius 1 is 1.35 bits per heavy atom. The SMILES string of the molecule is CC(C)(CCCNC1Cc2ccccc2C1)/C(N)=N/O. The van der Waals surface area contributed by atoms with Gasteiger partial charge in [0.2, 0.25) is 0 Å². The standard InChI is InChI=1S/C16H25N3O/c1-16(2,15(17)19-20)8-5-9-18-14-10-12-6-3-4-7-13(12)11-14/h3-4,6-7,14,18,20H,5,8-11H2,1-2H3,(H2,17,19). The third kappa shape index (κ3) is 3.51. The molecule has 20 heavy (non-hydrogen) atoms. The van der Waals surface area contributed by atoms with Crippen molar-refractivity contribution in [1.82, 2.24) is 5.32 Å². The summed E-state index contributed by atoms with van der Waals surface area (Å²) in [6.07, 6.45) is 4.19. The van der Waals surface area contributed by atoms with Gasteiger partial charge in [-0.1, -0.05) is 43.3 Å². The minimum Gasteiger partial charge on any atom is -0.409 e. The molecule has 0 spiro atoms. The summed E-state index contributed by atoms with van der Waals surface area (Å²) >= 11 is 0. The van der Waals surface area contributed by atoms with Crippen molar-refractivity contribution in [2.75, 3.05) is 6.54 Å². The fourth-order valence-electron chi connectivity index (χ4n) is 2.80. The van der Waals surface area contributed by atoms with Crippen molar-refractivity contribution in [2.24, 2.45) is 16.3 Å². The molecule has 4 nitrogen and oxygen atoms in total. The van der Waals surface area contributed by atoms with Gasteiger partial charge in [-0.05, 0) is 43.4 Å². The van der Waals surface area contributed by atoms with Gasteiger partial charge in [0.15, 0.2) is 0 Å². The van der Waals surface area contributed by atoms with Crippen molar-refractivity contribution in [3.8, 4) is 0 Å². The van der Waals surface area contributed by atoms with E-state index in [0.717, 1.165) is 32.2 Å². The predicted molar refractivity (Wildman–Crippen MR) is 82.1 cm³/mol. The van der Waals surface area contributed by atoms with Crippen LogP contribution < -0.4 is 11.1 Å². The molecule has 0 atom stereocenters. The number of rotatable bonds is 6. The number of fused-ring (bicyclic) bond motifs is 1. The van der Waals surface area contributed by atoms with Gasteiger partial charge in [-0.3, -0.25) is 0 Å². The van der Waals surface area contributed by atoms with E-state index in [1.54, 1.807) is 0 Å². The first-order chi connectivity index (χ1) is 9.53. The Morgan fingerprint density at radius 3 is 2.50 bits per heavy atom. The van der Waals surface area contributed by atoms with E-state index < -0.39 is 0 Å². The highest BCUT2D eigenvalue weighted by molar-refractivity contribution is 5.85. The van der Waals surface area contributed by atoms with E-state index >= 15 is 0 Å². The molecule has 110 valence electrons. The molecule has 0 aliphatic heterocycles. The van der Waals surface area contributed by atoms with Crippen LogP contribution in [0.4, 0.5) is 0 Å². The predicted octanol–water partition coefficient (Wildman–Crippen LogP) is 2.30. The largest absolute Gasteiger partial charge is 0.409 e. The van der Waals surface area contributed by atoms with Crippen molar-refractivity contribution in [3.63, 3.8) is 0 Å². The van der Waals surface area contributed by atoms with Crippen molar-refractivity contribution in [2.45, 2.75) is 45.6 Å². The smallest absolute Gasteiger partial charge is 0.144 e. The van der Waals surface area contributed by atoms with Crippen LogP contribution in [0.1, 0.15) is 37.8 Å². The van der Waals surface area contributed by atoms with Crippen LogP contribution in [-0.4, -0.2) is 23.6 Å². The maximum absolute atomic E-state index is 8.75. The summed E-state index contributed by atoms with van der Waals surface area (Å²) in [6, 6.07) is 9.22. The van der Waals surface area contributed by atoms with Crippen LogP contribution in [-0.2, 0) is 12.8 Å². The molecule has 0 saturated carbocycles. The first-order valence-electron chi connectivity index (χ1n) is 7.31. The summed E-state index contributed by atoms with van der Waals surface area (Å²) < 4.78 is 0. The average Bonchev–Trinajstić information content (AvgIpc) is 2.85. The zero-order valence-corrected chi connectivity index (χ0v) is 12.4. The second kappa shape index (κ2) is 6.27. The van der Waals surface area contributed by atoms with Crippen LogP contribution in [0.2, 0.25) is 0 Å². The lowest BCUT2D eigenvalue weighted by Crippen LogP contribution is -2.34. The Morgan fingerprint density at radius 2 is 1.95 bits per heavy atom. The number of benzene rings is 1. The molecule has 1 aromatic carbocycles. The fourth-order valence-corrected chi connectivity index (χ4v) is 2.80. The van der Waals surface area contributed by atoms with Gasteiger partial charge in [-0.25, -0.2) is 0 Å². The Hall–Kier alpha value is -1.55. The van der Waals surface area contributed by atoms with E-state index in [1.807, 2.05) is 13.8 Å². The Kier molecular flexibility index (Phi) is 4.65. The number of oxime groups is 1. The second-order valence-corrected chi connectivity index (χ2v) is 6.30. The summed E-state index contributed by atoms with van der Waals surface area (Å²) in [7, 11) is 0. The molecule has 0 unspecified atom stereocenters. The van der Waals surface area contributed by atoms with E-state index in [9.17, 15) is 0 Å². The van der Waals surface area contributed by atoms with Crippen molar-refractivity contribution < 1.29 is 5.21 Å². The number of hydrogen-bond donors (Lipinski definition) is 3. The van der Waals surface area contributed by atoms with Gasteiger partial charge in [0.05, 0.1) is 0 Å². The van der Waals surface area contributed by atoms with Gasteiger partial charge < -0.3 is 16.3 Å². The third-order valence-electron chi connectivity index (χ3n) is 4.26. The second-order valence-electron chi connectivity index (χ2n) is 6.30. The van der Waals surface area contributed by atoms with E-state index in [0.29, 0.717) is 11.9 Å². The van der Waals surface area contributed by atoms with Crippen LogP contribution >= 0.6 is 0 Å². The highest BCUT2D eigenvalue weighted by Crippen LogP contribution is 2.23. The van der Waals surface area contributed by atoms with Crippen LogP contribution in [0.3, 0.4) is 0 Å². The number of nitrogens with zero attached hydrogens (tertiary/aromatic N) is 1. The molecule has 4 heteroatoms. The lowest BCUT2D eigenvalue weighted by molar-refractivity contribution is 0.304. The van der Waals surface area contributed by atoms with Gasteiger partial charge in [0, 0.05) is 11.5 Å². The molecule has 1 aliphatic carbocycles. The number of hydrogen-bond acceptors (Lipinski definition) is 3. The van der Waals surface area contributed by atoms with Crippen LogP contribution in [0.25, 0.3) is 0 Å². The average molecular weight is 275 g/mol. The maximum Gasteiger partial charge on any atom is 0.144 e. The maximum atomic E-state index is 8.75. The molecule has 0 aromatic heterocycles. The first kappa shape index (κ1) is 14.9. The van der Waals surface area contributed by atoms with Crippen LogP contribution in [0.15, 0.2) is 29.4 Å². The summed E-state index contributed by atoms with van der Waals surface area (Å²) in [5.74, 6) is 0.311. The molecule has 0 heterocycles. The van der Waals surface area contributed by atoms with Crippen molar-refractivity contribution in [3.05, 3.63) is 35.4 Å². The minimum absolute atomic E-state index is 0.241. The quantitative estimate of drug-likeness (QED) is 0.245. The fraction of sp³-hybridized carbons (Fsp3) is 0.562. The summed E-state index contributed by atoms with van der Waals surface area (Å²) in [4.78, 5) is 0. The first-order valence-corrected chi connectivity index (χ1v) is 7.31. The Bertz CT molecular complexity index is 457. The van der Waals surface area contributed by atoms with Crippen molar-refractivity contribution in [1.29, 1.82) is 0 Å². The molecule has 1 aliphatic rings. The third-order valence-corrected chi connectivity index (χ3v) is 4.26. The van der Waals surface area contributed by atoms with Gasteiger partial charge in [-0.2, -0.15) is 0 Å². The molecule has 4 N–H and O–H groups in total. The molecule has 1 aromatic rings. The monoisotopic (exact) mass is 275 g/mol. The normalized spacial score (nSPS) is 16.4.